The molecule has 1 aromatic rings. The summed E-state index contributed by atoms with van der Waals surface area (Å²) in [6.07, 6.45) is -6.97. The van der Waals surface area contributed by atoms with Crippen molar-refractivity contribution in [2.75, 3.05) is 0 Å². The Morgan fingerprint density at radius 2 is 1.32 bits per heavy atom. The van der Waals surface area contributed by atoms with Crippen molar-refractivity contribution in [3.05, 3.63) is 34.9 Å². The van der Waals surface area contributed by atoms with Crippen LogP contribution in [0.1, 0.15) is 62.6 Å². The fourth-order valence-corrected chi connectivity index (χ4v) is 2.35. The zero-order valence-electron chi connectivity index (χ0n) is 12.8. The van der Waals surface area contributed by atoms with Crippen LogP contribution >= 0.6 is 0 Å². The summed E-state index contributed by atoms with van der Waals surface area (Å²) in [6.45, 7) is 5.52. The summed E-state index contributed by atoms with van der Waals surface area (Å²) < 4.78 is 77.0. The van der Waals surface area contributed by atoms with Crippen molar-refractivity contribution < 1.29 is 26.3 Å². The van der Waals surface area contributed by atoms with Gasteiger partial charge in [-0.05, 0) is 35.6 Å². The number of hydrogen-bond donors (Lipinski definition) is 0. The van der Waals surface area contributed by atoms with E-state index < -0.39 is 23.5 Å². The summed E-state index contributed by atoms with van der Waals surface area (Å²) in [6, 6.07) is 1.84. The highest BCUT2D eigenvalue weighted by atomic mass is 19.4. The number of halogens is 6. The molecule has 0 aliphatic carbocycles. The van der Waals surface area contributed by atoms with Gasteiger partial charge in [0.15, 0.2) is 0 Å². The molecule has 0 radical (unpaired) electrons. The highest BCUT2D eigenvalue weighted by Crippen LogP contribution is 2.39. The molecule has 1 aromatic carbocycles. The van der Waals surface area contributed by atoms with Crippen molar-refractivity contribution in [2.45, 2.75) is 58.3 Å². The van der Waals surface area contributed by atoms with Gasteiger partial charge in [-0.3, -0.25) is 0 Å². The van der Waals surface area contributed by atoms with Crippen molar-refractivity contribution >= 4 is 0 Å². The second-order valence-corrected chi connectivity index (χ2v) is 5.75. The van der Waals surface area contributed by atoms with Gasteiger partial charge < -0.3 is 0 Å². The molecule has 0 aliphatic rings. The lowest BCUT2D eigenvalue weighted by molar-refractivity contribution is -0.143. The van der Waals surface area contributed by atoms with E-state index in [1.165, 1.54) is 0 Å². The lowest BCUT2D eigenvalue weighted by atomic mass is 9.84. The Morgan fingerprint density at radius 3 is 1.68 bits per heavy atom. The zero-order chi connectivity index (χ0) is 17.1. The van der Waals surface area contributed by atoms with Crippen LogP contribution < -0.4 is 0 Å². The van der Waals surface area contributed by atoms with Crippen LogP contribution in [-0.2, 0) is 12.4 Å². The van der Waals surface area contributed by atoms with Gasteiger partial charge in [0.25, 0.3) is 0 Å². The Kier molecular flexibility index (Phi) is 5.93. The van der Waals surface area contributed by atoms with E-state index in [1.54, 1.807) is 6.92 Å². The normalized spacial score (nSPS) is 15.7. The second kappa shape index (κ2) is 6.92. The molecule has 0 fully saturated rings. The van der Waals surface area contributed by atoms with E-state index in [0.717, 1.165) is 31.4 Å². The largest absolute Gasteiger partial charge is 0.416 e. The van der Waals surface area contributed by atoms with E-state index >= 15 is 0 Å². The Hall–Kier alpha value is -1.20. The molecule has 0 heterocycles. The van der Waals surface area contributed by atoms with Crippen molar-refractivity contribution in [3.8, 4) is 0 Å². The molecule has 0 aromatic heterocycles. The van der Waals surface area contributed by atoms with Gasteiger partial charge in [-0.15, -0.1) is 0 Å². The molecule has 0 spiro atoms. The smallest absolute Gasteiger partial charge is 0.166 e. The van der Waals surface area contributed by atoms with E-state index in [1.807, 2.05) is 13.8 Å². The van der Waals surface area contributed by atoms with Crippen LogP contribution in [0.2, 0.25) is 0 Å². The summed E-state index contributed by atoms with van der Waals surface area (Å²) in [5, 5.41) is 0. The maximum atomic E-state index is 12.8. The maximum absolute atomic E-state index is 12.8. The Morgan fingerprint density at radius 1 is 0.864 bits per heavy atom. The van der Waals surface area contributed by atoms with Crippen molar-refractivity contribution in [1.82, 2.24) is 0 Å². The van der Waals surface area contributed by atoms with E-state index in [2.05, 4.69) is 0 Å². The molecule has 2 atom stereocenters. The zero-order valence-corrected chi connectivity index (χ0v) is 12.8. The SMILES string of the molecule is CCCCC(C)C(C)c1cc(C(F)(F)F)cc(C(F)(F)F)c1. The number of benzene rings is 1. The van der Waals surface area contributed by atoms with Gasteiger partial charge in [0.2, 0.25) is 0 Å². The molecule has 0 aliphatic heterocycles. The third kappa shape index (κ3) is 4.92. The highest BCUT2D eigenvalue weighted by molar-refractivity contribution is 5.35. The molecule has 1 rings (SSSR count). The molecule has 0 N–H and O–H groups in total. The lowest BCUT2D eigenvalue weighted by Gasteiger charge is -2.23. The summed E-state index contributed by atoms with van der Waals surface area (Å²) >= 11 is 0. The van der Waals surface area contributed by atoms with Crippen LogP contribution in [0, 0.1) is 5.92 Å². The van der Waals surface area contributed by atoms with Gasteiger partial charge in [-0.2, -0.15) is 26.3 Å². The molecule has 0 saturated carbocycles. The fourth-order valence-electron chi connectivity index (χ4n) is 2.35. The molecule has 126 valence electrons. The second-order valence-electron chi connectivity index (χ2n) is 5.75. The first-order valence-corrected chi connectivity index (χ1v) is 7.26. The Labute approximate surface area is 126 Å². The molecular formula is C16H20F6. The summed E-state index contributed by atoms with van der Waals surface area (Å²) in [4.78, 5) is 0. The average Bonchev–Trinajstić information content (AvgIpc) is 2.41. The molecule has 0 amide bonds. The van der Waals surface area contributed by atoms with E-state index in [-0.39, 0.29) is 23.5 Å². The Bertz CT molecular complexity index is 454. The molecular weight excluding hydrogens is 306 g/mol. The Balaban J connectivity index is 3.23. The van der Waals surface area contributed by atoms with E-state index in [0.29, 0.717) is 0 Å². The van der Waals surface area contributed by atoms with Gasteiger partial charge in [0.1, 0.15) is 0 Å². The minimum atomic E-state index is -4.79. The third-order valence-corrected chi connectivity index (χ3v) is 4.00. The first-order chi connectivity index (χ1) is 9.96. The van der Waals surface area contributed by atoms with Crippen molar-refractivity contribution in [1.29, 1.82) is 0 Å². The van der Waals surface area contributed by atoms with E-state index in [9.17, 15) is 26.3 Å². The molecule has 22 heavy (non-hydrogen) atoms. The van der Waals surface area contributed by atoms with Crippen LogP contribution in [0.25, 0.3) is 0 Å². The third-order valence-electron chi connectivity index (χ3n) is 4.00. The summed E-state index contributed by atoms with van der Waals surface area (Å²) in [5.74, 6) is -0.348. The summed E-state index contributed by atoms with van der Waals surface area (Å²) in [5.41, 5.74) is -2.40. The summed E-state index contributed by atoms with van der Waals surface area (Å²) in [7, 11) is 0. The molecule has 2 unspecified atom stereocenters. The quantitative estimate of drug-likeness (QED) is 0.531. The van der Waals surface area contributed by atoms with Gasteiger partial charge in [0.05, 0.1) is 11.1 Å². The number of unbranched alkanes of at least 4 members (excludes halogenated alkanes) is 1. The van der Waals surface area contributed by atoms with Gasteiger partial charge in [-0.1, -0.05) is 40.0 Å². The molecule has 0 nitrogen and oxygen atoms in total. The topological polar surface area (TPSA) is 0 Å². The predicted octanol–water partition coefficient (Wildman–Crippen LogP) is 6.65. The van der Waals surface area contributed by atoms with Gasteiger partial charge in [-0.25, -0.2) is 0 Å². The van der Waals surface area contributed by atoms with Crippen LogP contribution in [0.5, 0.6) is 0 Å². The minimum Gasteiger partial charge on any atom is -0.166 e. The van der Waals surface area contributed by atoms with Gasteiger partial charge in [0, 0.05) is 0 Å². The first-order valence-electron chi connectivity index (χ1n) is 7.26. The van der Waals surface area contributed by atoms with Crippen molar-refractivity contribution in [3.63, 3.8) is 0 Å². The number of rotatable bonds is 5. The molecule has 0 saturated heterocycles. The van der Waals surface area contributed by atoms with Crippen molar-refractivity contribution in [2.24, 2.45) is 5.92 Å². The van der Waals surface area contributed by atoms with Gasteiger partial charge >= 0.3 is 12.4 Å². The van der Waals surface area contributed by atoms with E-state index in [4.69, 9.17) is 0 Å². The van der Waals surface area contributed by atoms with Crippen LogP contribution in [-0.4, -0.2) is 0 Å². The number of alkyl halides is 6. The monoisotopic (exact) mass is 326 g/mol. The highest BCUT2D eigenvalue weighted by Gasteiger charge is 2.37. The fraction of sp³-hybridized carbons (Fsp3) is 0.625. The number of hydrogen-bond acceptors (Lipinski definition) is 0. The lowest BCUT2D eigenvalue weighted by Crippen LogP contribution is -2.14. The maximum Gasteiger partial charge on any atom is 0.416 e. The standard InChI is InChI=1S/C16H20F6/c1-4-5-6-10(2)11(3)12-7-13(15(17,18)19)9-14(8-12)16(20,21)22/h7-11H,4-6H2,1-3H3. The predicted molar refractivity (Wildman–Crippen MR) is 73.6 cm³/mol. The average molecular weight is 326 g/mol. The molecule has 6 heteroatoms. The first kappa shape index (κ1) is 18.8. The van der Waals surface area contributed by atoms with Crippen LogP contribution in [0.15, 0.2) is 18.2 Å². The minimum absolute atomic E-state index is 0.0181. The van der Waals surface area contributed by atoms with Crippen LogP contribution in [0.3, 0.4) is 0 Å². The van der Waals surface area contributed by atoms with Crippen LogP contribution in [0.4, 0.5) is 26.3 Å². The molecule has 0 bridgehead atoms.